The van der Waals surface area contributed by atoms with Gasteiger partial charge in [0.2, 0.25) is 0 Å². The molecule has 1 aromatic heterocycles. The molecule has 0 aliphatic rings. The average Bonchev–Trinajstić information content (AvgIpc) is 2.27. The minimum atomic E-state index is 0.648. The van der Waals surface area contributed by atoms with Gasteiger partial charge in [0, 0.05) is 17.3 Å². The minimum absolute atomic E-state index is 0.648. The largest absolute Gasteiger partial charge is 0.298 e. The van der Waals surface area contributed by atoms with Crippen LogP contribution in [0.5, 0.6) is 0 Å². The zero-order valence-electron chi connectivity index (χ0n) is 10.3. The summed E-state index contributed by atoms with van der Waals surface area (Å²) < 4.78 is 0. The van der Waals surface area contributed by atoms with Crippen molar-refractivity contribution < 1.29 is 4.79 Å². The highest BCUT2D eigenvalue weighted by atomic mass is 16.1. The molecule has 2 rings (SSSR count). The lowest BCUT2D eigenvalue weighted by atomic mass is 10.0. The Balaban J connectivity index is 2.63. The average molecular weight is 225 g/mol. The van der Waals surface area contributed by atoms with Gasteiger partial charge >= 0.3 is 0 Å². The molecule has 0 aliphatic carbocycles. The fourth-order valence-corrected chi connectivity index (χ4v) is 2.03. The molecule has 0 bridgehead atoms. The first-order valence-electron chi connectivity index (χ1n) is 5.60. The van der Waals surface area contributed by atoms with E-state index in [1.807, 2.05) is 26.8 Å². The number of benzene rings is 1. The molecule has 2 nitrogen and oxygen atoms in total. The van der Waals surface area contributed by atoms with Crippen LogP contribution in [0.2, 0.25) is 0 Å². The molecule has 0 amide bonds. The van der Waals surface area contributed by atoms with Crippen molar-refractivity contribution in [2.45, 2.75) is 20.8 Å². The Bertz CT molecular complexity index is 553. The SMILES string of the molecule is Cc1cc(C)cc(-c2ncc(C)cc2C=O)c1. The first-order valence-corrected chi connectivity index (χ1v) is 5.60. The maximum absolute atomic E-state index is 11.1. The molecule has 0 unspecified atom stereocenters. The normalized spacial score (nSPS) is 10.3. The molecular formula is C15H15NO. The zero-order chi connectivity index (χ0) is 12.4. The quantitative estimate of drug-likeness (QED) is 0.732. The third-order valence-electron chi connectivity index (χ3n) is 2.68. The second-order valence-corrected chi connectivity index (χ2v) is 4.44. The summed E-state index contributed by atoms with van der Waals surface area (Å²) in [7, 11) is 0. The van der Waals surface area contributed by atoms with E-state index in [-0.39, 0.29) is 0 Å². The molecule has 0 saturated carbocycles. The van der Waals surface area contributed by atoms with E-state index in [1.165, 1.54) is 11.1 Å². The highest BCUT2D eigenvalue weighted by Gasteiger charge is 2.07. The molecule has 0 spiro atoms. The Hall–Kier alpha value is -1.96. The molecule has 0 radical (unpaired) electrons. The second-order valence-electron chi connectivity index (χ2n) is 4.44. The van der Waals surface area contributed by atoms with Crippen molar-refractivity contribution in [1.29, 1.82) is 0 Å². The van der Waals surface area contributed by atoms with E-state index in [0.29, 0.717) is 5.56 Å². The van der Waals surface area contributed by atoms with Gasteiger partial charge < -0.3 is 0 Å². The van der Waals surface area contributed by atoms with Crippen LogP contribution in [0.4, 0.5) is 0 Å². The van der Waals surface area contributed by atoms with Gasteiger partial charge in [-0.2, -0.15) is 0 Å². The molecule has 17 heavy (non-hydrogen) atoms. The monoisotopic (exact) mass is 225 g/mol. The topological polar surface area (TPSA) is 30.0 Å². The van der Waals surface area contributed by atoms with Gasteiger partial charge in [0.1, 0.15) is 0 Å². The predicted molar refractivity (Wildman–Crippen MR) is 69.3 cm³/mol. The van der Waals surface area contributed by atoms with Crippen molar-refractivity contribution >= 4 is 6.29 Å². The molecule has 2 heteroatoms. The van der Waals surface area contributed by atoms with Crippen molar-refractivity contribution in [1.82, 2.24) is 4.98 Å². The molecule has 0 fully saturated rings. The molecule has 0 saturated heterocycles. The number of carbonyl (C=O) groups excluding carboxylic acids is 1. The standard InChI is InChI=1S/C15H15NO/c1-10-4-11(2)6-13(5-10)15-14(9-17)7-12(3)8-16-15/h4-9H,1-3H3. The summed E-state index contributed by atoms with van der Waals surface area (Å²) in [6, 6.07) is 8.08. The summed E-state index contributed by atoms with van der Waals surface area (Å²) in [6.07, 6.45) is 2.66. The van der Waals surface area contributed by atoms with Gasteiger partial charge in [-0.05, 0) is 44.5 Å². The molecule has 86 valence electrons. The Morgan fingerprint density at radius 2 is 1.59 bits per heavy atom. The van der Waals surface area contributed by atoms with Gasteiger partial charge in [-0.1, -0.05) is 17.2 Å². The summed E-state index contributed by atoms with van der Waals surface area (Å²) >= 11 is 0. The van der Waals surface area contributed by atoms with E-state index in [9.17, 15) is 4.79 Å². The highest BCUT2D eigenvalue weighted by Crippen LogP contribution is 2.23. The number of hydrogen-bond acceptors (Lipinski definition) is 2. The van der Waals surface area contributed by atoms with E-state index >= 15 is 0 Å². The van der Waals surface area contributed by atoms with Crippen molar-refractivity contribution in [2.75, 3.05) is 0 Å². The van der Waals surface area contributed by atoms with E-state index in [2.05, 4.69) is 23.2 Å². The lowest BCUT2D eigenvalue weighted by Crippen LogP contribution is -1.94. The summed E-state index contributed by atoms with van der Waals surface area (Å²) in [5, 5.41) is 0. The highest BCUT2D eigenvalue weighted by molar-refractivity contribution is 5.86. The van der Waals surface area contributed by atoms with Gasteiger partial charge in [-0.15, -0.1) is 0 Å². The number of nitrogens with zero attached hydrogens (tertiary/aromatic N) is 1. The zero-order valence-corrected chi connectivity index (χ0v) is 10.3. The maximum Gasteiger partial charge on any atom is 0.152 e. The van der Waals surface area contributed by atoms with Crippen molar-refractivity contribution in [3.8, 4) is 11.3 Å². The molecule has 0 N–H and O–H groups in total. The Labute approximate surface area is 101 Å². The number of carbonyl (C=O) groups is 1. The minimum Gasteiger partial charge on any atom is -0.298 e. The van der Waals surface area contributed by atoms with Crippen LogP contribution in [0.3, 0.4) is 0 Å². The molecule has 0 aliphatic heterocycles. The van der Waals surface area contributed by atoms with Crippen LogP contribution in [0.1, 0.15) is 27.0 Å². The van der Waals surface area contributed by atoms with E-state index in [0.717, 1.165) is 23.1 Å². The van der Waals surface area contributed by atoms with Crippen LogP contribution in [-0.4, -0.2) is 11.3 Å². The van der Waals surface area contributed by atoms with Crippen LogP contribution < -0.4 is 0 Å². The fourth-order valence-electron chi connectivity index (χ4n) is 2.03. The first kappa shape index (κ1) is 11.5. The molecular weight excluding hydrogens is 210 g/mol. The maximum atomic E-state index is 11.1. The first-order chi connectivity index (χ1) is 8.10. The van der Waals surface area contributed by atoms with E-state index in [1.54, 1.807) is 6.20 Å². The van der Waals surface area contributed by atoms with Crippen LogP contribution in [0.15, 0.2) is 30.5 Å². The Morgan fingerprint density at radius 1 is 0.941 bits per heavy atom. The van der Waals surface area contributed by atoms with Gasteiger partial charge in [-0.25, -0.2) is 0 Å². The summed E-state index contributed by atoms with van der Waals surface area (Å²) in [4.78, 5) is 15.5. The van der Waals surface area contributed by atoms with Crippen LogP contribution in [0, 0.1) is 20.8 Å². The van der Waals surface area contributed by atoms with Gasteiger partial charge in [0.05, 0.1) is 5.69 Å². The van der Waals surface area contributed by atoms with Crippen molar-refractivity contribution in [3.63, 3.8) is 0 Å². The molecule has 2 aromatic rings. The number of hydrogen-bond donors (Lipinski definition) is 0. The summed E-state index contributed by atoms with van der Waals surface area (Å²) in [6.45, 7) is 6.03. The van der Waals surface area contributed by atoms with E-state index < -0.39 is 0 Å². The lowest BCUT2D eigenvalue weighted by Gasteiger charge is -2.07. The second kappa shape index (κ2) is 4.50. The number of rotatable bonds is 2. The van der Waals surface area contributed by atoms with Gasteiger partial charge in [0.25, 0.3) is 0 Å². The number of aromatic nitrogens is 1. The molecule has 0 atom stereocenters. The van der Waals surface area contributed by atoms with Crippen LogP contribution in [0.25, 0.3) is 11.3 Å². The summed E-state index contributed by atoms with van der Waals surface area (Å²) in [5.74, 6) is 0. The van der Waals surface area contributed by atoms with Crippen LogP contribution >= 0.6 is 0 Å². The van der Waals surface area contributed by atoms with Gasteiger partial charge in [0.15, 0.2) is 6.29 Å². The third-order valence-corrected chi connectivity index (χ3v) is 2.68. The molecule has 1 aromatic carbocycles. The van der Waals surface area contributed by atoms with E-state index in [4.69, 9.17) is 0 Å². The van der Waals surface area contributed by atoms with Gasteiger partial charge in [-0.3, -0.25) is 9.78 Å². The molecule has 1 heterocycles. The Kier molecular flexibility index (Phi) is 3.05. The number of pyridine rings is 1. The fraction of sp³-hybridized carbons (Fsp3) is 0.200. The van der Waals surface area contributed by atoms with Crippen molar-refractivity contribution in [2.24, 2.45) is 0 Å². The summed E-state index contributed by atoms with van der Waals surface area (Å²) in [5.41, 5.74) is 5.77. The smallest absolute Gasteiger partial charge is 0.152 e. The predicted octanol–water partition coefficient (Wildman–Crippen LogP) is 3.49. The third kappa shape index (κ3) is 2.41. The lowest BCUT2D eigenvalue weighted by molar-refractivity contribution is 0.112. The Morgan fingerprint density at radius 3 is 2.18 bits per heavy atom. The number of aldehydes is 1. The van der Waals surface area contributed by atoms with Crippen LogP contribution in [-0.2, 0) is 0 Å². The van der Waals surface area contributed by atoms with Crippen molar-refractivity contribution in [3.05, 3.63) is 52.7 Å². The number of aryl methyl sites for hydroxylation is 3.